The van der Waals surface area contributed by atoms with Crippen LogP contribution < -0.4 is 5.32 Å². The van der Waals surface area contributed by atoms with Crippen LogP contribution in [-0.2, 0) is 22.4 Å². The average molecular weight is 354 g/mol. The Balaban J connectivity index is 1.64. The predicted octanol–water partition coefficient (Wildman–Crippen LogP) is 3.68. The standard InChI is InChI=1S/C19H18N2O3S/c1-12(18(22)21-15-8-4-2-7-14(15)11-20)24-19(23)17-10-13-6-3-5-9-16(13)25-17/h2,4,7-8,10,12H,3,5-6,9H2,1H3,(H,21,22)/t12-/m0/s1. The molecule has 128 valence electrons. The van der Waals surface area contributed by atoms with Crippen LogP contribution in [0, 0.1) is 11.3 Å². The highest BCUT2D eigenvalue weighted by Gasteiger charge is 2.23. The van der Waals surface area contributed by atoms with Gasteiger partial charge in [-0.3, -0.25) is 4.79 Å². The van der Waals surface area contributed by atoms with E-state index < -0.39 is 18.0 Å². The number of ether oxygens (including phenoxy) is 1. The number of thiophene rings is 1. The van der Waals surface area contributed by atoms with Crippen molar-refractivity contribution in [3.8, 4) is 6.07 Å². The molecule has 0 unspecified atom stereocenters. The van der Waals surface area contributed by atoms with Gasteiger partial charge in [-0.2, -0.15) is 5.26 Å². The summed E-state index contributed by atoms with van der Waals surface area (Å²) < 4.78 is 5.30. The minimum absolute atomic E-state index is 0.361. The summed E-state index contributed by atoms with van der Waals surface area (Å²) in [5.74, 6) is -0.937. The molecule has 1 aliphatic rings. The molecule has 0 fully saturated rings. The van der Waals surface area contributed by atoms with Crippen LogP contribution >= 0.6 is 11.3 Å². The van der Waals surface area contributed by atoms with Crippen LogP contribution in [0.2, 0.25) is 0 Å². The molecule has 0 saturated heterocycles. The number of para-hydroxylation sites is 1. The van der Waals surface area contributed by atoms with Crippen LogP contribution in [0.1, 0.15) is 45.4 Å². The smallest absolute Gasteiger partial charge is 0.349 e. The van der Waals surface area contributed by atoms with Gasteiger partial charge in [0.2, 0.25) is 0 Å². The van der Waals surface area contributed by atoms with Gasteiger partial charge in [0.05, 0.1) is 11.3 Å². The Morgan fingerprint density at radius 1 is 1.28 bits per heavy atom. The van der Waals surface area contributed by atoms with Crippen molar-refractivity contribution in [2.75, 3.05) is 5.32 Å². The third kappa shape index (κ3) is 3.89. The van der Waals surface area contributed by atoms with E-state index in [2.05, 4.69) is 5.32 Å². The van der Waals surface area contributed by atoms with Gasteiger partial charge >= 0.3 is 5.97 Å². The number of benzene rings is 1. The SMILES string of the molecule is C[C@H](OC(=O)c1cc2c(s1)CCCC2)C(=O)Nc1ccccc1C#N. The lowest BCUT2D eigenvalue weighted by Gasteiger charge is -2.13. The second-order valence-electron chi connectivity index (χ2n) is 5.96. The van der Waals surface area contributed by atoms with Crippen LogP contribution in [-0.4, -0.2) is 18.0 Å². The molecule has 0 bridgehead atoms. The topological polar surface area (TPSA) is 79.2 Å². The van der Waals surface area contributed by atoms with Crippen molar-refractivity contribution in [1.82, 2.24) is 0 Å². The van der Waals surface area contributed by atoms with Crippen LogP contribution in [0.3, 0.4) is 0 Å². The van der Waals surface area contributed by atoms with E-state index in [0.717, 1.165) is 25.7 Å². The highest BCUT2D eigenvalue weighted by molar-refractivity contribution is 7.14. The van der Waals surface area contributed by atoms with Crippen molar-refractivity contribution in [1.29, 1.82) is 5.26 Å². The zero-order chi connectivity index (χ0) is 17.8. The van der Waals surface area contributed by atoms with Crippen LogP contribution in [0.5, 0.6) is 0 Å². The molecule has 1 amide bonds. The molecule has 0 radical (unpaired) electrons. The van der Waals surface area contributed by atoms with Gasteiger partial charge in [-0.15, -0.1) is 11.3 Å². The quantitative estimate of drug-likeness (QED) is 0.850. The molecular weight excluding hydrogens is 336 g/mol. The van der Waals surface area contributed by atoms with Gasteiger partial charge in [-0.25, -0.2) is 4.79 Å². The van der Waals surface area contributed by atoms with Gasteiger partial charge in [0, 0.05) is 4.88 Å². The maximum atomic E-state index is 12.3. The Morgan fingerprint density at radius 3 is 2.80 bits per heavy atom. The number of nitriles is 1. The summed E-state index contributed by atoms with van der Waals surface area (Å²) in [5.41, 5.74) is 1.99. The maximum Gasteiger partial charge on any atom is 0.349 e. The van der Waals surface area contributed by atoms with Gasteiger partial charge in [-0.05, 0) is 56.4 Å². The molecule has 2 aromatic rings. The van der Waals surface area contributed by atoms with Crippen molar-refractivity contribution in [3.05, 3.63) is 51.2 Å². The first-order chi connectivity index (χ1) is 12.1. The number of carbonyl (C=O) groups excluding carboxylic acids is 2. The van der Waals surface area contributed by atoms with Gasteiger partial charge in [-0.1, -0.05) is 12.1 Å². The Bertz CT molecular complexity index is 827. The summed E-state index contributed by atoms with van der Waals surface area (Å²) >= 11 is 1.46. The Morgan fingerprint density at radius 2 is 2.04 bits per heavy atom. The molecule has 1 heterocycles. The van der Waals surface area contributed by atoms with E-state index in [-0.39, 0.29) is 0 Å². The number of amides is 1. The second kappa shape index (κ2) is 7.49. The third-order valence-corrected chi connectivity index (χ3v) is 5.37. The summed E-state index contributed by atoms with van der Waals surface area (Å²) in [6, 6.07) is 10.6. The van der Waals surface area contributed by atoms with Crippen molar-refractivity contribution in [2.45, 2.75) is 38.7 Å². The largest absolute Gasteiger partial charge is 0.448 e. The first-order valence-corrected chi connectivity index (χ1v) is 9.02. The number of aryl methyl sites for hydroxylation is 2. The fourth-order valence-electron chi connectivity index (χ4n) is 2.79. The lowest BCUT2D eigenvalue weighted by Crippen LogP contribution is -2.30. The first kappa shape index (κ1) is 17.2. The van der Waals surface area contributed by atoms with Crippen LogP contribution in [0.15, 0.2) is 30.3 Å². The van der Waals surface area contributed by atoms with Crippen molar-refractivity contribution in [2.24, 2.45) is 0 Å². The van der Waals surface area contributed by atoms with Gasteiger partial charge in [0.1, 0.15) is 10.9 Å². The maximum absolute atomic E-state index is 12.3. The number of hydrogen-bond donors (Lipinski definition) is 1. The highest BCUT2D eigenvalue weighted by atomic mass is 32.1. The van der Waals surface area contributed by atoms with E-state index in [0.29, 0.717) is 16.1 Å². The summed E-state index contributed by atoms with van der Waals surface area (Å²) in [4.78, 5) is 26.4. The molecule has 0 aliphatic heterocycles. The first-order valence-electron chi connectivity index (χ1n) is 8.21. The molecule has 0 saturated carbocycles. The van der Waals surface area contributed by atoms with Gasteiger partial charge in [0.15, 0.2) is 6.10 Å². The molecule has 5 nitrogen and oxygen atoms in total. The fourth-order valence-corrected chi connectivity index (χ4v) is 3.92. The summed E-state index contributed by atoms with van der Waals surface area (Å²) in [7, 11) is 0. The van der Waals surface area contributed by atoms with Crippen LogP contribution in [0.4, 0.5) is 5.69 Å². The van der Waals surface area contributed by atoms with E-state index in [1.54, 1.807) is 24.3 Å². The molecule has 1 N–H and O–H groups in total. The molecular formula is C19H18N2O3S. The zero-order valence-corrected chi connectivity index (χ0v) is 14.7. The number of carbonyl (C=O) groups is 2. The molecule has 1 aromatic heterocycles. The lowest BCUT2D eigenvalue weighted by atomic mass is 9.99. The van der Waals surface area contributed by atoms with Crippen LogP contribution in [0.25, 0.3) is 0 Å². The monoisotopic (exact) mass is 354 g/mol. The summed E-state index contributed by atoms with van der Waals surface area (Å²) in [6.07, 6.45) is 3.36. The van der Waals surface area contributed by atoms with Gasteiger partial charge < -0.3 is 10.1 Å². The number of hydrogen-bond acceptors (Lipinski definition) is 5. The Kier molecular flexibility index (Phi) is 5.15. The fraction of sp³-hybridized carbons (Fsp3) is 0.316. The lowest BCUT2D eigenvalue weighted by molar-refractivity contribution is -0.123. The minimum Gasteiger partial charge on any atom is -0.448 e. The molecule has 6 heteroatoms. The second-order valence-corrected chi connectivity index (χ2v) is 7.10. The average Bonchev–Trinajstić information content (AvgIpc) is 3.06. The zero-order valence-electron chi connectivity index (χ0n) is 13.9. The predicted molar refractivity (Wildman–Crippen MR) is 95.6 cm³/mol. The van der Waals surface area contributed by atoms with Crippen molar-refractivity contribution in [3.63, 3.8) is 0 Å². The number of nitrogens with zero attached hydrogens (tertiary/aromatic N) is 1. The molecule has 1 atom stereocenters. The Labute approximate surface area is 150 Å². The Hall–Kier alpha value is -2.65. The summed E-state index contributed by atoms with van der Waals surface area (Å²) in [5, 5.41) is 11.7. The van der Waals surface area contributed by atoms with E-state index in [4.69, 9.17) is 10.00 Å². The molecule has 0 spiro atoms. The third-order valence-electron chi connectivity index (χ3n) is 4.16. The van der Waals surface area contributed by atoms with E-state index in [9.17, 15) is 9.59 Å². The molecule has 1 aliphatic carbocycles. The number of anilines is 1. The summed E-state index contributed by atoms with van der Waals surface area (Å²) in [6.45, 7) is 1.52. The highest BCUT2D eigenvalue weighted by Crippen LogP contribution is 2.30. The number of rotatable bonds is 4. The van der Waals surface area contributed by atoms with E-state index in [1.165, 1.54) is 28.7 Å². The molecule has 25 heavy (non-hydrogen) atoms. The molecule has 1 aromatic carbocycles. The number of esters is 1. The minimum atomic E-state index is -0.946. The van der Waals surface area contributed by atoms with Crippen molar-refractivity contribution >= 4 is 28.9 Å². The number of nitrogens with one attached hydrogen (secondary N) is 1. The molecule has 3 rings (SSSR count). The van der Waals surface area contributed by atoms with E-state index >= 15 is 0 Å². The van der Waals surface area contributed by atoms with Crippen molar-refractivity contribution < 1.29 is 14.3 Å². The normalized spacial score (nSPS) is 14.1. The number of fused-ring (bicyclic) bond motifs is 1. The van der Waals surface area contributed by atoms with E-state index in [1.807, 2.05) is 12.1 Å². The van der Waals surface area contributed by atoms with Gasteiger partial charge in [0.25, 0.3) is 5.91 Å².